The minimum atomic E-state index is 0.585. The molecule has 0 aromatic heterocycles. The summed E-state index contributed by atoms with van der Waals surface area (Å²) in [6.07, 6.45) is 8.99. The second-order valence-corrected chi connectivity index (χ2v) is 6.54. The maximum atomic E-state index is 5.86. The molecule has 1 aliphatic heterocycles. The van der Waals surface area contributed by atoms with Crippen LogP contribution in [0.25, 0.3) is 0 Å². The second kappa shape index (κ2) is 6.83. The van der Waals surface area contributed by atoms with Gasteiger partial charge >= 0.3 is 0 Å². The van der Waals surface area contributed by atoms with Crippen LogP contribution in [0.3, 0.4) is 0 Å². The fraction of sp³-hybridized carbons (Fsp3) is 0.684. The Morgan fingerprint density at radius 1 is 1.05 bits per heavy atom. The highest BCUT2D eigenvalue weighted by atomic mass is 16.6. The summed E-state index contributed by atoms with van der Waals surface area (Å²) in [5.41, 5.74) is 1.48. The largest absolute Gasteiger partial charge is 0.494 e. The third kappa shape index (κ3) is 3.60. The SMILES string of the molecule is CCCC1OC1C1CCC(c2ccc(OCC)cc2)CC1. The summed E-state index contributed by atoms with van der Waals surface area (Å²) in [5.74, 6) is 2.55. The van der Waals surface area contributed by atoms with Crippen LogP contribution >= 0.6 is 0 Å². The highest BCUT2D eigenvalue weighted by Crippen LogP contribution is 2.44. The number of epoxide rings is 1. The first-order valence-electron chi connectivity index (χ1n) is 8.70. The van der Waals surface area contributed by atoms with Gasteiger partial charge in [-0.1, -0.05) is 25.5 Å². The van der Waals surface area contributed by atoms with Crippen LogP contribution in [0.5, 0.6) is 5.75 Å². The lowest BCUT2D eigenvalue weighted by atomic mass is 9.77. The summed E-state index contributed by atoms with van der Waals surface area (Å²) in [5, 5.41) is 0. The summed E-state index contributed by atoms with van der Waals surface area (Å²) < 4.78 is 11.4. The predicted octanol–water partition coefficient (Wildman–Crippen LogP) is 4.93. The minimum absolute atomic E-state index is 0.585. The van der Waals surface area contributed by atoms with Crippen molar-refractivity contribution in [1.82, 2.24) is 0 Å². The molecule has 0 N–H and O–H groups in total. The topological polar surface area (TPSA) is 21.8 Å². The molecular formula is C19H28O2. The highest BCUT2D eigenvalue weighted by Gasteiger charge is 2.44. The van der Waals surface area contributed by atoms with Crippen LogP contribution < -0.4 is 4.74 Å². The van der Waals surface area contributed by atoms with Gasteiger partial charge in [0.1, 0.15) is 5.75 Å². The maximum absolute atomic E-state index is 5.86. The molecule has 0 radical (unpaired) electrons. The number of rotatable bonds is 6. The molecule has 0 amide bonds. The van der Waals surface area contributed by atoms with Crippen molar-refractivity contribution in [2.75, 3.05) is 6.61 Å². The summed E-state index contributed by atoms with van der Waals surface area (Å²) in [6, 6.07) is 8.74. The van der Waals surface area contributed by atoms with Gasteiger partial charge in [0.05, 0.1) is 18.8 Å². The monoisotopic (exact) mass is 288 g/mol. The maximum Gasteiger partial charge on any atom is 0.119 e. The Bertz CT molecular complexity index is 431. The van der Waals surface area contributed by atoms with E-state index in [9.17, 15) is 0 Å². The Labute approximate surface area is 128 Å². The zero-order valence-electron chi connectivity index (χ0n) is 13.4. The van der Waals surface area contributed by atoms with Gasteiger partial charge in [-0.3, -0.25) is 0 Å². The summed E-state index contributed by atoms with van der Waals surface area (Å²) in [6.45, 7) is 5.02. The molecule has 3 rings (SSSR count). The molecule has 0 spiro atoms. The molecule has 1 aromatic carbocycles. The minimum Gasteiger partial charge on any atom is -0.494 e. The zero-order chi connectivity index (χ0) is 14.7. The van der Waals surface area contributed by atoms with Crippen LogP contribution in [-0.4, -0.2) is 18.8 Å². The molecule has 116 valence electrons. The fourth-order valence-corrected chi connectivity index (χ4v) is 3.87. The highest BCUT2D eigenvalue weighted by molar-refractivity contribution is 5.29. The van der Waals surface area contributed by atoms with Crippen molar-refractivity contribution in [3.8, 4) is 5.75 Å². The van der Waals surface area contributed by atoms with Crippen LogP contribution in [0.4, 0.5) is 0 Å². The van der Waals surface area contributed by atoms with Gasteiger partial charge in [0, 0.05) is 0 Å². The van der Waals surface area contributed by atoms with Crippen LogP contribution in [0.1, 0.15) is 63.9 Å². The van der Waals surface area contributed by atoms with Crippen LogP contribution in [0.15, 0.2) is 24.3 Å². The second-order valence-electron chi connectivity index (χ2n) is 6.54. The van der Waals surface area contributed by atoms with E-state index in [0.29, 0.717) is 12.2 Å². The van der Waals surface area contributed by atoms with E-state index in [4.69, 9.17) is 9.47 Å². The van der Waals surface area contributed by atoms with Crippen molar-refractivity contribution in [3.05, 3.63) is 29.8 Å². The van der Waals surface area contributed by atoms with E-state index >= 15 is 0 Å². The molecule has 0 bridgehead atoms. The third-order valence-electron chi connectivity index (χ3n) is 5.09. The Morgan fingerprint density at radius 3 is 2.38 bits per heavy atom. The van der Waals surface area contributed by atoms with E-state index in [1.165, 1.54) is 44.1 Å². The van der Waals surface area contributed by atoms with Crippen LogP contribution in [-0.2, 0) is 4.74 Å². The molecule has 1 aromatic rings. The molecule has 1 aliphatic carbocycles. The van der Waals surface area contributed by atoms with Crippen molar-refractivity contribution in [2.45, 2.75) is 70.5 Å². The number of ether oxygens (including phenoxy) is 2. The lowest BCUT2D eigenvalue weighted by molar-refractivity contribution is 0.248. The number of hydrogen-bond acceptors (Lipinski definition) is 2. The standard InChI is InChI=1S/C19H28O2/c1-3-5-18-19(21-18)16-8-6-14(7-9-16)15-10-12-17(13-11-15)20-4-2/h10-14,16,18-19H,3-9H2,1-2H3. The fourth-order valence-electron chi connectivity index (χ4n) is 3.87. The molecule has 2 aliphatic rings. The molecular weight excluding hydrogens is 260 g/mol. The normalized spacial score (nSPS) is 31.9. The van der Waals surface area contributed by atoms with Gasteiger partial charge < -0.3 is 9.47 Å². The van der Waals surface area contributed by atoms with Gasteiger partial charge in [-0.2, -0.15) is 0 Å². The molecule has 21 heavy (non-hydrogen) atoms. The zero-order valence-corrected chi connectivity index (χ0v) is 13.4. The molecule has 2 heteroatoms. The predicted molar refractivity (Wildman–Crippen MR) is 85.9 cm³/mol. The average Bonchev–Trinajstić information content (AvgIpc) is 3.28. The van der Waals surface area contributed by atoms with Crippen molar-refractivity contribution >= 4 is 0 Å². The number of benzene rings is 1. The molecule has 1 saturated heterocycles. The van der Waals surface area contributed by atoms with Crippen LogP contribution in [0, 0.1) is 5.92 Å². The summed E-state index contributed by atoms with van der Waals surface area (Å²) >= 11 is 0. The van der Waals surface area contributed by atoms with Crippen molar-refractivity contribution in [2.24, 2.45) is 5.92 Å². The first-order chi connectivity index (χ1) is 10.3. The van der Waals surface area contributed by atoms with Crippen molar-refractivity contribution < 1.29 is 9.47 Å². The lowest BCUT2D eigenvalue weighted by Gasteiger charge is -2.28. The molecule has 1 heterocycles. The molecule has 2 unspecified atom stereocenters. The van der Waals surface area contributed by atoms with E-state index in [2.05, 4.69) is 31.2 Å². The summed E-state index contributed by atoms with van der Waals surface area (Å²) in [4.78, 5) is 0. The quantitative estimate of drug-likeness (QED) is 0.692. The molecule has 2 atom stereocenters. The van der Waals surface area contributed by atoms with Gasteiger partial charge in [0.2, 0.25) is 0 Å². The van der Waals surface area contributed by atoms with Gasteiger partial charge in [0.15, 0.2) is 0 Å². The first-order valence-corrected chi connectivity index (χ1v) is 8.70. The van der Waals surface area contributed by atoms with Crippen LogP contribution in [0.2, 0.25) is 0 Å². The Kier molecular flexibility index (Phi) is 4.84. The van der Waals surface area contributed by atoms with E-state index in [-0.39, 0.29) is 0 Å². The third-order valence-corrected chi connectivity index (χ3v) is 5.09. The van der Waals surface area contributed by atoms with Gasteiger partial charge in [-0.15, -0.1) is 0 Å². The summed E-state index contributed by atoms with van der Waals surface area (Å²) in [7, 11) is 0. The van der Waals surface area contributed by atoms with E-state index in [1.54, 1.807) is 0 Å². The lowest BCUT2D eigenvalue weighted by Crippen LogP contribution is -2.19. The molecule has 1 saturated carbocycles. The average molecular weight is 288 g/mol. The Morgan fingerprint density at radius 2 is 1.76 bits per heavy atom. The van der Waals surface area contributed by atoms with E-state index in [0.717, 1.165) is 24.2 Å². The van der Waals surface area contributed by atoms with E-state index < -0.39 is 0 Å². The van der Waals surface area contributed by atoms with E-state index in [1.807, 2.05) is 6.92 Å². The first kappa shape index (κ1) is 14.9. The van der Waals surface area contributed by atoms with Crippen molar-refractivity contribution in [3.63, 3.8) is 0 Å². The Hall–Kier alpha value is -1.02. The van der Waals surface area contributed by atoms with Gasteiger partial charge in [0.25, 0.3) is 0 Å². The van der Waals surface area contributed by atoms with Gasteiger partial charge in [-0.05, 0) is 68.6 Å². The smallest absolute Gasteiger partial charge is 0.119 e. The van der Waals surface area contributed by atoms with Gasteiger partial charge in [-0.25, -0.2) is 0 Å². The molecule has 2 nitrogen and oxygen atoms in total. The Balaban J connectivity index is 1.49. The number of hydrogen-bond donors (Lipinski definition) is 0. The molecule has 2 fully saturated rings. The van der Waals surface area contributed by atoms with Crippen molar-refractivity contribution in [1.29, 1.82) is 0 Å².